The molecule has 2 heterocycles. The molecule has 1 aliphatic heterocycles. The molecule has 3 aromatic rings. The molecule has 0 fully saturated rings. The summed E-state index contributed by atoms with van der Waals surface area (Å²) in [5.74, 6) is 1.85. The van der Waals surface area contributed by atoms with Gasteiger partial charge < -0.3 is 29.6 Å². The zero-order valence-electron chi connectivity index (χ0n) is 18.7. The van der Waals surface area contributed by atoms with Crippen LogP contribution in [0.1, 0.15) is 12.5 Å². The Bertz CT molecular complexity index is 1160. The Balaban J connectivity index is 1.52. The van der Waals surface area contributed by atoms with Crippen molar-refractivity contribution >= 4 is 23.3 Å². The first-order chi connectivity index (χ1) is 16.0. The highest BCUT2D eigenvalue weighted by molar-refractivity contribution is 6.04. The molecule has 0 saturated heterocycles. The van der Waals surface area contributed by atoms with Crippen molar-refractivity contribution in [3.63, 3.8) is 0 Å². The van der Waals surface area contributed by atoms with E-state index in [9.17, 15) is 9.59 Å². The number of hydrogen-bond donors (Lipinski definition) is 2. The van der Waals surface area contributed by atoms with Crippen LogP contribution in [0.5, 0.6) is 23.0 Å². The van der Waals surface area contributed by atoms with E-state index in [0.29, 0.717) is 28.8 Å². The van der Waals surface area contributed by atoms with E-state index in [1.807, 2.05) is 24.3 Å². The number of methoxy groups -OCH3 is 4. The highest BCUT2D eigenvalue weighted by Crippen LogP contribution is 2.40. The minimum atomic E-state index is -0.769. The summed E-state index contributed by atoms with van der Waals surface area (Å²) in [6.45, 7) is 0. The van der Waals surface area contributed by atoms with E-state index in [2.05, 4.69) is 15.7 Å². The number of carbonyl (C=O) groups is 2. The number of aromatic nitrogens is 2. The van der Waals surface area contributed by atoms with Crippen molar-refractivity contribution in [2.45, 2.75) is 12.5 Å². The van der Waals surface area contributed by atoms with Crippen LogP contribution >= 0.6 is 0 Å². The summed E-state index contributed by atoms with van der Waals surface area (Å²) in [6, 6.07) is 9.90. The zero-order valence-corrected chi connectivity index (χ0v) is 18.7. The first-order valence-corrected chi connectivity index (χ1v) is 10.1. The van der Waals surface area contributed by atoms with E-state index in [-0.39, 0.29) is 18.2 Å². The standard InChI is InChI=1S/C23H24N4O6/c1-30-15-7-5-13(6-8-15)16-12-24-27-17(23(29)26-22(16)27)11-20(28)25-14-9-18(31-2)21(33-4)19(10-14)32-3/h5-10,12,17H,11H2,1-4H3,(H,25,28)(H,26,29). The van der Waals surface area contributed by atoms with E-state index in [1.54, 1.807) is 25.4 Å². The van der Waals surface area contributed by atoms with Crippen molar-refractivity contribution < 1.29 is 28.5 Å². The van der Waals surface area contributed by atoms with Crippen LogP contribution < -0.4 is 29.6 Å². The molecule has 0 bridgehead atoms. The molecule has 2 amide bonds. The summed E-state index contributed by atoms with van der Waals surface area (Å²) < 4.78 is 22.7. The Morgan fingerprint density at radius 3 is 2.27 bits per heavy atom. The van der Waals surface area contributed by atoms with E-state index in [0.717, 1.165) is 16.9 Å². The lowest BCUT2D eigenvalue weighted by Crippen LogP contribution is -2.23. The predicted molar refractivity (Wildman–Crippen MR) is 121 cm³/mol. The fraction of sp³-hybridized carbons (Fsp3) is 0.261. The third-order valence-electron chi connectivity index (χ3n) is 5.36. The fourth-order valence-electron chi connectivity index (χ4n) is 3.74. The van der Waals surface area contributed by atoms with Crippen LogP contribution in [0, 0.1) is 0 Å². The van der Waals surface area contributed by atoms with Gasteiger partial charge in [-0.2, -0.15) is 5.10 Å². The molecule has 0 radical (unpaired) electrons. The van der Waals surface area contributed by atoms with Crippen molar-refractivity contribution in [1.29, 1.82) is 0 Å². The van der Waals surface area contributed by atoms with Gasteiger partial charge in [-0.1, -0.05) is 12.1 Å². The fourth-order valence-corrected chi connectivity index (χ4v) is 3.74. The van der Waals surface area contributed by atoms with E-state index >= 15 is 0 Å². The Labute approximate surface area is 190 Å². The van der Waals surface area contributed by atoms with Crippen LogP contribution in [-0.2, 0) is 9.59 Å². The zero-order chi connectivity index (χ0) is 23.5. The number of carbonyl (C=O) groups excluding carboxylic acids is 2. The maximum atomic E-state index is 12.8. The molecule has 10 heteroatoms. The number of rotatable bonds is 8. The average molecular weight is 452 g/mol. The number of fused-ring (bicyclic) bond motifs is 1. The number of nitrogens with zero attached hydrogens (tertiary/aromatic N) is 2. The second-order valence-corrected chi connectivity index (χ2v) is 7.25. The highest BCUT2D eigenvalue weighted by atomic mass is 16.5. The Morgan fingerprint density at radius 1 is 1.03 bits per heavy atom. The quantitative estimate of drug-likeness (QED) is 0.540. The molecular weight excluding hydrogens is 428 g/mol. The molecule has 10 nitrogen and oxygen atoms in total. The molecule has 1 aromatic heterocycles. The van der Waals surface area contributed by atoms with Crippen molar-refractivity contribution in [1.82, 2.24) is 9.78 Å². The van der Waals surface area contributed by atoms with Gasteiger partial charge in [-0.3, -0.25) is 9.59 Å². The lowest BCUT2D eigenvalue weighted by molar-refractivity contribution is -0.123. The summed E-state index contributed by atoms with van der Waals surface area (Å²) in [7, 11) is 6.08. The van der Waals surface area contributed by atoms with Crippen LogP contribution in [0.25, 0.3) is 11.1 Å². The lowest BCUT2D eigenvalue weighted by Gasteiger charge is -2.15. The number of amides is 2. The number of benzene rings is 2. The maximum absolute atomic E-state index is 12.8. The first-order valence-electron chi connectivity index (χ1n) is 10.1. The van der Waals surface area contributed by atoms with Gasteiger partial charge in [-0.25, -0.2) is 4.68 Å². The Morgan fingerprint density at radius 2 is 1.70 bits per heavy atom. The second kappa shape index (κ2) is 9.11. The normalized spacial score (nSPS) is 14.3. The third-order valence-corrected chi connectivity index (χ3v) is 5.36. The average Bonchev–Trinajstić information content (AvgIpc) is 3.37. The van der Waals surface area contributed by atoms with Gasteiger partial charge in [-0.05, 0) is 17.7 Å². The first kappa shape index (κ1) is 22.0. The lowest BCUT2D eigenvalue weighted by atomic mass is 10.1. The summed E-state index contributed by atoms with van der Waals surface area (Å²) in [6.07, 6.45) is 1.57. The summed E-state index contributed by atoms with van der Waals surface area (Å²) in [4.78, 5) is 25.4. The second-order valence-electron chi connectivity index (χ2n) is 7.25. The van der Waals surface area contributed by atoms with Crippen LogP contribution in [0.4, 0.5) is 11.5 Å². The Kier molecular flexibility index (Phi) is 6.07. The van der Waals surface area contributed by atoms with E-state index < -0.39 is 6.04 Å². The molecule has 1 unspecified atom stereocenters. The van der Waals surface area contributed by atoms with Crippen LogP contribution in [0.3, 0.4) is 0 Å². The minimum Gasteiger partial charge on any atom is -0.497 e. The number of hydrogen-bond acceptors (Lipinski definition) is 7. The number of nitrogens with one attached hydrogen (secondary N) is 2. The molecule has 1 atom stereocenters. The molecule has 33 heavy (non-hydrogen) atoms. The topological polar surface area (TPSA) is 113 Å². The monoisotopic (exact) mass is 452 g/mol. The number of anilines is 2. The van der Waals surface area contributed by atoms with Gasteiger partial charge in [0.15, 0.2) is 11.5 Å². The molecular formula is C23H24N4O6. The van der Waals surface area contributed by atoms with Crippen molar-refractivity contribution in [3.05, 3.63) is 42.6 Å². The van der Waals surface area contributed by atoms with Crippen LogP contribution in [0.15, 0.2) is 42.6 Å². The summed E-state index contributed by atoms with van der Waals surface area (Å²) >= 11 is 0. The summed E-state index contributed by atoms with van der Waals surface area (Å²) in [5, 5.41) is 9.97. The predicted octanol–water partition coefficient (Wildman–Crippen LogP) is 3.11. The molecule has 0 aliphatic carbocycles. The molecule has 4 rings (SSSR count). The van der Waals surface area contributed by atoms with Crippen LogP contribution in [0.2, 0.25) is 0 Å². The number of ether oxygens (including phenoxy) is 4. The SMILES string of the molecule is COc1ccc(-c2cnn3c2NC(=O)C3CC(=O)Nc2cc(OC)c(OC)c(OC)c2)cc1. The van der Waals surface area contributed by atoms with E-state index in [4.69, 9.17) is 18.9 Å². The van der Waals surface area contributed by atoms with Crippen LogP contribution in [-0.4, -0.2) is 50.0 Å². The summed E-state index contributed by atoms with van der Waals surface area (Å²) in [5.41, 5.74) is 2.09. The van der Waals surface area contributed by atoms with Crippen molar-refractivity contribution in [3.8, 4) is 34.1 Å². The van der Waals surface area contributed by atoms with Gasteiger partial charge in [0.2, 0.25) is 11.7 Å². The minimum absolute atomic E-state index is 0.0980. The highest BCUT2D eigenvalue weighted by Gasteiger charge is 2.35. The van der Waals surface area contributed by atoms with Crippen molar-refractivity contribution in [2.75, 3.05) is 39.1 Å². The Hall–Kier alpha value is -4.21. The maximum Gasteiger partial charge on any atom is 0.251 e. The molecule has 0 saturated carbocycles. The largest absolute Gasteiger partial charge is 0.497 e. The van der Waals surface area contributed by atoms with Gasteiger partial charge in [-0.15, -0.1) is 0 Å². The molecule has 1 aliphatic rings. The van der Waals surface area contributed by atoms with Gasteiger partial charge in [0.25, 0.3) is 5.91 Å². The van der Waals surface area contributed by atoms with Gasteiger partial charge >= 0.3 is 0 Å². The molecule has 2 N–H and O–H groups in total. The third kappa shape index (κ3) is 4.14. The van der Waals surface area contributed by atoms with E-state index in [1.165, 1.54) is 26.0 Å². The smallest absolute Gasteiger partial charge is 0.251 e. The van der Waals surface area contributed by atoms with Gasteiger partial charge in [0.1, 0.15) is 17.6 Å². The molecule has 172 valence electrons. The van der Waals surface area contributed by atoms with Gasteiger partial charge in [0.05, 0.1) is 41.1 Å². The molecule has 2 aromatic carbocycles. The molecule has 0 spiro atoms. The van der Waals surface area contributed by atoms with Crippen molar-refractivity contribution in [2.24, 2.45) is 0 Å². The van der Waals surface area contributed by atoms with Gasteiger partial charge in [0, 0.05) is 23.4 Å².